The highest BCUT2D eigenvalue weighted by molar-refractivity contribution is 9.10. The quantitative estimate of drug-likeness (QED) is 0.813. The molecule has 2 aromatic rings. The molecule has 1 aromatic carbocycles. The Morgan fingerprint density at radius 1 is 1.35 bits per heavy atom. The summed E-state index contributed by atoms with van der Waals surface area (Å²) in [6.45, 7) is 6.15. The molecule has 1 heterocycles. The zero-order valence-electron chi connectivity index (χ0n) is 11.5. The van der Waals surface area contributed by atoms with Crippen molar-refractivity contribution in [3.63, 3.8) is 0 Å². The topological polar surface area (TPSA) is 34.4 Å². The van der Waals surface area contributed by atoms with Gasteiger partial charge in [0.25, 0.3) is 0 Å². The van der Waals surface area contributed by atoms with Crippen molar-refractivity contribution in [1.29, 1.82) is 0 Å². The van der Waals surface area contributed by atoms with E-state index in [1.165, 1.54) is 0 Å². The molecule has 0 saturated carbocycles. The second-order valence-electron chi connectivity index (χ2n) is 4.44. The maximum absolute atomic E-state index is 6.11. The van der Waals surface area contributed by atoms with Crippen LogP contribution in [0, 0.1) is 6.92 Å². The van der Waals surface area contributed by atoms with Gasteiger partial charge in [0.05, 0.1) is 5.02 Å². The van der Waals surface area contributed by atoms with Crippen molar-refractivity contribution in [2.75, 3.05) is 6.54 Å². The Morgan fingerprint density at radius 3 is 2.85 bits per heavy atom. The number of hydrogen-bond acceptors (Lipinski definition) is 3. The molecule has 0 aliphatic carbocycles. The number of aryl methyl sites for hydroxylation is 1. The van der Waals surface area contributed by atoms with E-state index in [0.717, 1.165) is 34.6 Å². The number of nitrogens with one attached hydrogen (secondary N) is 1. The maximum Gasteiger partial charge on any atom is 0.146 e. The molecule has 0 radical (unpaired) electrons. The molecule has 3 nitrogen and oxygen atoms in total. The molecular weight excluding hydrogens is 342 g/mol. The lowest BCUT2D eigenvalue weighted by molar-refractivity contribution is 0.267. The molecule has 1 N–H and O–H groups in total. The standard InChI is InChI=1S/C15H17BrClNO2/c1-3-18-8-11-6-13(20-10(11)2)9-19-15-5-4-12(16)7-14(15)17/h4-7,18H,3,8-9H2,1-2H3. The van der Waals surface area contributed by atoms with Gasteiger partial charge in [-0.1, -0.05) is 34.5 Å². The van der Waals surface area contributed by atoms with Gasteiger partial charge in [0.15, 0.2) is 0 Å². The summed E-state index contributed by atoms with van der Waals surface area (Å²) in [6.07, 6.45) is 0. The van der Waals surface area contributed by atoms with Gasteiger partial charge in [0.2, 0.25) is 0 Å². The van der Waals surface area contributed by atoms with Gasteiger partial charge in [-0.2, -0.15) is 0 Å². The molecule has 108 valence electrons. The minimum atomic E-state index is 0.369. The van der Waals surface area contributed by atoms with Gasteiger partial charge in [-0.05, 0) is 37.7 Å². The van der Waals surface area contributed by atoms with Crippen LogP contribution in [-0.2, 0) is 13.2 Å². The van der Waals surface area contributed by atoms with E-state index >= 15 is 0 Å². The number of halogens is 2. The van der Waals surface area contributed by atoms with E-state index < -0.39 is 0 Å². The van der Waals surface area contributed by atoms with E-state index in [9.17, 15) is 0 Å². The van der Waals surface area contributed by atoms with E-state index in [4.69, 9.17) is 20.8 Å². The van der Waals surface area contributed by atoms with Crippen LogP contribution in [0.1, 0.15) is 24.0 Å². The zero-order chi connectivity index (χ0) is 14.5. The monoisotopic (exact) mass is 357 g/mol. The van der Waals surface area contributed by atoms with Crippen LogP contribution in [0.25, 0.3) is 0 Å². The first-order valence-electron chi connectivity index (χ1n) is 6.47. The summed E-state index contributed by atoms with van der Waals surface area (Å²) in [6, 6.07) is 7.55. The van der Waals surface area contributed by atoms with Crippen molar-refractivity contribution in [3.05, 3.63) is 50.8 Å². The van der Waals surface area contributed by atoms with Crippen LogP contribution < -0.4 is 10.1 Å². The van der Waals surface area contributed by atoms with Gasteiger partial charge in [-0.3, -0.25) is 0 Å². The van der Waals surface area contributed by atoms with Crippen LogP contribution in [0.5, 0.6) is 5.75 Å². The fraction of sp³-hybridized carbons (Fsp3) is 0.333. The number of benzene rings is 1. The third-order valence-corrected chi connectivity index (χ3v) is 3.69. The fourth-order valence-electron chi connectivity index (χ4n) is 1.84. The average Bonchev–Trinajstić information content (AvgIpc) is 2.76. The van der Waals surface area contributed by atoms with Gasteiger partial charge < -0.3 is 14.5 Å². The van der Waals surface area contributed by atoms with Crippen LogP contribution in [-0.4, -0.2) is 6.54 Å². The summed E-state index contributed by atoms with van der Waals surface area (Å²) >= 11 is 9.47. The summed E-state index contributed by atoms with van der Waals surface area (Å²) in [4.78, 5) is 0. The van der Waals surface area contributed by atoms with Gasteiger partial charge in [0.1, 0.15) is 23.9 Å². The lowest BCUT2D eigenvalue weighted by Gasteiger charge is -2.06. The van der Waals surface area contributed by atoms with Gasteiger partial charge >= 0.3 is 0 Å². The first-order chi connectivity index (χ1) is 9.60. The Morgan fingerprint density at radius 2 is 2.15 bits per heavy atom. The highest BCUT2D eigenvalue weighted by atomic mass is 79.9. The molecule has 0 aliphatic heterocycles. The van der Waals surface area contributed by atoms with Gasteiger partial charge in [-0.15, -0.1) is 0 Å². The predicted octanol–water partition coefficient (Wildman–Crippen LogP) is 4.69. The molecule has 0 spiro atoms. The van der Waals surface area contributed by atoms with Crippen LogP contribution in [0.4, 0.5) is 0 Å². The third kappa shape index (κ3) is 4.01. The highest BCUT2D eigenvalue weighted by Crippen LogP contribution is 2.28. The first kappa shape index (κ1) is 15.4. The smallest absolute Gasteiger partial charge is 0.146 e. The van der Waals surface area contributed by atoms with E-state index in [-0.39, 0.29) is 0 Å². The lowest BCUT2D eigenvalue weighted by Crippen LogP contribution is -2.11. The Labute approximate surface area is 132 Å². The summed E-state index contributed by atoms with van der Waals surface area (Å²) in [7, 11) is 0. The molecule has 0 saturated heterocycles. The molecule has 0 bridgehead atoms. The first-order valence-corrected chi connectivity index (χ1v) is 7.64. The predicted molar refractivity (Wildman–Crippen MR) is 84.3 cm³/mol. The van der Waals surface area contributed by atoms with Gasteiger partial charge in [-0.25, -0.2) is 0 Å². The van der Waals surface area contributed by atoms with Gasteiger partial charge in [0, 0.05) is 16.6 Å². The molecule has 5 heteroatoms. The van der Waals surface area contributed by atoms with Crippen LogP contribution in [0.15, 0.2) is 33.2 Å². The highest BCUT2D eigenvalue weighted by Gasteiger charge is 2.09. The Kier molecular flexibility index (Phi) is 5.52. The molecule has 0 fully saturated rings. The second-order valence-corrected chi connectivity index (χ2v) is 5.76. The van der Waals surface area contributed by atoms with Crippen LogP contribution in [0.3, 0.4) is 0 Å². The molecule has 0 unspecified atom stereocenters. The average molecular weight is 359 g/mol. The molecule has 0 aliphatic rings. The number of furan rings is 1. The molecule has 0 atom stereocenters. The summed E-state index contributed by atoms with van der Waals surface area (Å²) in [5.74, 6) is 2.37. The van der Waals surface area contributed by atoms with E-state index in [1.54, 1.807) is 6.07 Å². The minimum Gasteiger partial charge on any atom is -0.484 e. The largest absolute Gasteiger partial charge is 0.484 e. The maximum atomic E-state index is 6.11. The Bertz CT molecular complexity index is 583. The van der Waals surface area contributed by atoms with Crippen LogP contribution >= 0.6 is 27.5 Å². The van der Waals surface area contributed by atoms with Crippen molar-refractivity contribution in [3.8, 4) is 5.75 Å². The van der Waals surface area contributed by atoms with Crippen molar-refractivity contribution >= 4 is 27.5 Å². The molecule has 20 heavy (non-hydrogen) atoms. The van der Waals surface area contributed by atoms with E-state index in [1.807, 2.05) is 25.1 Å². The third-order valence-electron chi connectivity index (χ3n) is 2.90. The summed E-state index contributed by atoms with van der Waals surface area (Å²) in [5, 5.41) is 3.86. The number of rotatable bonds is 6. The van der Waals surface area contributed by atoms with E-state index in [2.05, 4.69) is 28.2 Å². The van der Waals surface area contributed by atoms with E-state index in [0.29, 0.717) is 17.4 Å². The number of hydrogen-bond donors (Lipinski definition) is 1. The molecular formula is C15H17BrClNO2. The summed E-state index contributed by atoms with van der Waals surface area (Å²) < 4.78 is 12.3. The zero-order valence-corrected chi connectivity index (χ0v) is 13.8. The van der Waals surface area contributed by atoms with Crippen LogP contribution in [0.2, 0.25) is 5.02 Å². The molecule has 1 aromatic heterocycles. The fourth-order valence-corrected chi connectivity index (χ4v) is 2.56. The molecule has 2 rings (SSSR count). The Balaban J connectivity index is 2.00. The van der Waals surface area contributed by atoms with Crippen molar-refractivity contribution in [1.82, 2.24) is 5.32 Å². The Hall–Kier alpha value is -0.970. The number of ether oxygens (including phenoxy) is 1. The minimum absolute atomic E-state index is 0.369. The normalized spacial score (nSPS) is 10.8. The molecule has 0 amide bonds. The second kappa shape index (κ2) is 7.16. The SMILES string of the molecule is CCNCc1cc(COc2ccc(Br)cc2Cl)oc1C. The van der Waals surface area contributed by atoms with Crippen molar-refractivity contribution in [2.45, 2.75) is 27.0 Å². The lowest BCUT2D eigenvalue weighted by atomic mass is 10.2. The van der Waals surface area contributed by atoms with Crippen molar-refractivity contribution < 1.29 is 9.15 Å². The summed E-state index contributed by atoms with van der Waals surface area (Å²) in [5.41, 5.74) is 1.16. The van der Waals surface area contributed by atoms with Crippen molar-refractivity contribution in [2.24, 2.45) is 0 Å².